The second kappa shape index (κ2) is 11.2. The van der Waals surface area contributed by atoms with Gasteiger partial charge in [0.1, 0.15) is 11.5 Å². The lowest BCUT2D eigenvalue weighted by atomic mass is 10.2. The molecule has 0 fully saturated rings. The maximum atomic E-state index is 13.8. The van der Waals surface area contributed by atoms with E-state index in [9.17, 15) is 18.9 Å². The van der Waals surface area contributed by atoms with Gasteiger partial charge in [0.15, 0.2) is 17.3 Å². The van der Waals surface area contributed by atoms with Gasteiger partial charge in [-0.25, -0.2) is 8.78 Å². The topological polar surface area (TPSA) is 73.6 Å². The molecule has 0 bridgehead atoms. The zero-order valence-electron chi connectivity index (χ0n) is 15.5. The minimum atomic E-state index is -1.03. The van der Waals surface area contributed by atoms with Crippen LogP contribution in [0.2, 0.25) is 0 Å². The fourth-order valence-electron chi connectivity index (χ4n) is 2.17. The van der Waals surface area contributed by atoms with Crippen molar-refractivity contribution in [3.8, 4) is 11.5 Å². The molecule has 0 aliphatic rings. The molecular weight excluding hydrogens is 378 g/mol. The maximum absolute atomic E-state index is 13.8. The number of halogens is 2. The molecular formula is C18H22F2N2O4S. The van der Waals surface area contributed by atoms with Crippen LogP contribution in [-0.4, -0.2) is 31.2 Å². The number of anilines is 1. The Bertz CT molecular complexity index is 775. The highest BCUT2D eigenvalue weighted by molar-refractivity contribution is 7.97. The van der Waals surface area contributed by atoms with E-state index in [1.54, 1.807) is 30.0 Å². The monoisotopic (exact) mass is 400 g/mol. The zero-order chi connectivity index (χ0) is 20.4. The molecule has 148 valence electrons. The van der Waals surface area contributed by atoms with Gasteiger partial charge in [-0.15, -0.1) is 0 Å². The lowest BCUT2D eigenvalue weighted by molar-refractivity contribution is -0.384. The van der Waals surface area contributed by atoms with E-state index in [0.717, 1.165) is 0 Å². The third-order valence-electron chi connectivity index (χ3n) is 3.23. The van der Waals surface area contributed by atoms with Gasteiger partial charge in [-0.1, -0.05) is 6.07 Å². The minimum Gasteiger partial charge on any atom is -0.493 e. The van der Waals surface area contributed by atoms with E-state index in [2.05, 4.69) is 5.32 Å². The quantitative estimate of drug-likeness (QED) is 0.528. The number of ether oxygens (including phenoxy) is 2. The van der Waals surface area contributed by atoms with Crippen LogP contribution in [-0.2, 0) is 6.54 Å². The summed E-state index contributed by atoms with van der Waals surface area (Å²) in [7, 11) is 1.51. The van der Waals surface area contributed by atoms with Crippen LogP contribution in [0.4, 0.5) is 20.2 Å². The lowest BCUT2D eigenvalue weighted by Crippen LogP contribution is -2.06. The highest BCUT2D eigenvalue weighted by atomic mass is 32.2. The van der Waals surface area contributed by atoms with Gasteiger partial charge in [0.05, 0.1) is 24.7 Å². The van der Waals surface area contributed by atoms with Crippen molar-refractivity contribution in [1.82, 2.24) is 0 Å². The summed E-state index contributed by atoms with van der Waals surface area (Å²) < 4.78 is 37.6. The van der Waals surface area contributed by atoms with Crippen LogP contribution in [0.5, 0.6) is 11.5 Å². The van der Waals surface area contributed by atoms with Crippen LogP contribution in [0.3, 0.4) is 0 Å². The first-order valence-electron chi connectivity index (χ1n) is 7.95. The number of methoxy groups -OCH3 is 1. The van der Waals surface area contributed by atoms with Gasteiger partial charge in [0.2, 0.25) is 0 Å². The lowest BCUT2D eigenvalue weighted by Gasteiger charge is -2.12. The first kappa shape index (κ1) is 22.5. The van der Waals surface area contributed by atoms with Gasteiger partial charge in [-0.2, -0.15) is 11.8 Å². The summed E-state index contributed by atoms with van der Waals surface area (Å²) in [6.45, 7) is 2.35. The Balaban J connectivity index is 0.00000114. The van der Waals surface area contributed by atoms with Gasteiger partial charge in [0, 0.05) is 12.6 Å². The van der Waals surface area contributed by atoms with E-state index in [-0.39, 0.29) is 12.2 Å². The highest BCUT2D eigenvalue weighted by Gasteiger charge is 2.20. The second-order valence-corrected chi connectivity index (χ2v) is 6.04. The van der Waals surface area contributed by atoms with Crippen molar-refractivity contribution in [3.05, 3.63) is 57.6 Å². The van der Waals surface area contributed by atoms with Gasteiger partial charge < -0.3 is 14.8 Å². The number of hydrogen-bond donors (Lipinski definition) is 1. The number of rotatable bonds is 7. The molecule has 2 aromatic carbocycles. The number of hydrogen-bond acceptors (Lipinski definition) is 6. The Hall–Kier alpha value is -2.55. The molecule has 9 heteroatoms. The van der Waals surface area contributed by atoms with Crippen LogP contribution >= 0.6 is 11.8 Å². The number of thioether (sulfide) groups is 1. The highest BCUT2D eigenvalue weighted by Crippen LogP contribution is 2.31. The van der Waals surface area contributed by atoms with Gasteiger partial charge in [-0.3, -0.25) is 10.1 Å². The Labute approximate surface area is 161 Å². The normalized spacial score (nSPS) is 9.85. The Morgan fingerprint density at radius 1 is 1.19 bits per heavy atom. The van der Waals surface area contributed by atoms with E-state index in [1.807, 2.05) is 19.4 Å². The number of nitrogens with one attached hydrogen (secondary N) is 1. The maximum Gasteiger partial charge on any atom is 0.298 e. The summed E-state index contributed by atoms with van der Waals surface area (Å²) in [6, 6.07) is 6.34. The van der Waals surface area contributed by atoms with Crippen molar-refractivity contribution in [2.24, 2.45) is 0 Å². The van der Waals surface area contributed by atoms with Gasteiger partial charge in [0.25, 0.3) is 5.69 Å². The van der Waals surface area contributed by atoms with Crippen molar-refractivity contribution in [3.63, 3.8) is 0 Å². The molecule has 0 atom stereocenters. The summed E-state index contributed by atoms with van der Waals surface area (Å²) in [5, 5.41) is 13.6. The summed E-state index contributed by atoms with van der Waals surface area (Å²) in [4.78, 5) is 10.1. The van der Waals surface area contributed by atoms with E-state index >= 15 is 0 Å². The minimum absolute atomic E-state index is 0.0907. The molecule has 0 radical (unpaired) electrons. The van der Waals surface area contributed by atoms with Gasteiger partial charge in [-0.05, 0) is 37.1 Å². The van der Waals surface area contributed by atoms with Crippen LogP contribution in [0.1, 0.15) is 12.5 Å². The first-order chi connectivity index (χ1) is 12.9. The molecule has 0 unspecified atom stereocenters. The van der Waals surface area contributed by atoms with Gasteiger partial charge >= 0.3 is 0 Å². The van der Waals surface area contributed by atoms with E-state index < -0.39 is 22.2 Å². The molecule has 0 spiro atoms. The fraction of sp³-hybridized carbons (Fsp3) is 0.333. The Kier molecular flexibility index (Phi) is 9.35. The van der Waals surface area contributed by atoms with E-state index in [0.29, 0.717) is 35.8 Å². The van der Waals surface area contributed by atoms with Crippen LogP contribution in [0.25, 0.3) is 0 Å². The number of benzene rings is 2. The molecule has 0 aliphatic carbocycles. The summed E-state index contributed by atoms with van der Waals surface area (Å²) >= 11 is 1.75. The van der Waals surface area contributed by atoms with E-state index in [1.165, 1.54) is 7.11 Å². The standard InChI is InChI=1S/C16H16F2N2O4.C2H6S/c1-3-24-15-6-10(4-5-14(15)23-2)9-19-16-12(18)7-11(17)8-13(16)20(21)22;1-3-2/h4-8,19H,3,9H2,1-2H3;1-2H3. The second-order valence-electron chi connectivity index (χ2n) is 5.22. The molecule has 27 heavy (non-hydrogen) atoms. The smallest absolute Gasteiger partial charge is 0.298 e. The third kappa shape index (κ3) is 6.59. The Morgan fingerprint density at radius 3 is 2.41 bits per heavy atom. The van der Waals surface area contributed by atoms with Crippen molar-refractivity contribution in [2.45, 2.75) is 13.5 Å². The molecule has 0 amide bonds. The number of nitro groups is 1. The predicted octanol–water partition coefficient (Wildman–Crippen LogP) is 4.87. The molecule has 0 aliphatic heterocycles. The molecule has 0 aromatic heterocycles. The fourth-order valence-corrected chi connectivity index (χ4v) is 2.17. The molecule has 2 aromatic rings. The molecule has 0 saturated heterocycles. The van der Waals surface area contributed by atoms with Crippen molar-refractivity contribution < 1.29 is 23.2 Å². The molecule has 2 rings (SSSR count). The van der Waals surface area contributed by atoms with E-state index in [4.69, 9.17) is 9.47 Å². The summed E-state index contributed by atoms with van der Waals surface area (Å²) in [5.41, 5.74) is -0.335. The summed E-state index contributed by atoms with van der Waals surface area (Å²) in [5.74, 6) is -0.985. The Morgan fingerprint density at radius 2 is 1.85 bits per heavy atom. The average Bonchev–Trinajstić information content (AvgIpc) is 2.61. The van der Waals surface area contributed by atoms with Crippen LogP contribution < -0.4 is 14.8 Å². The molecule has 6 nitrogen and oxygen atoms in total. The molecule has 0 saturated carbocycles. The average molecular weight is 400 g/mol. The molecule has 1 N–H and O–H groups in total. The van der Waals surface area contributed by atoms with Crippen molar-refractivity contribution in [2.75, 3.05) is 31.5 Å². The summed E-state index contributed by atoms with van der Waals surface area (Å²) in [6.07, 6.45) is 4.08. The SMILES string of the molecule is CCOc1cc(CNc2c(F)cc(F)cc2[N+](=O)[O-])ccc1OC.CSC. The number of nitro benzene ring substituents is 1. The zero-order valence-corrected chi connectivity index (χ0v) is 16.4. The predicted molar refractivity (Wildman–Crippen MR) is 104 cm³/mol. The van der Waals surface area contributed by atoms with Crippen LogP contribution in [0, 0.1) is 21.7 Å². The third-order valence-corrected chi connectivity index (χ3v) is 3.23. The van der Waals surface area contributed by atoms with Crippen LogP contribution in [0.15, 0.2) is 30.3 Å². The largest absolute Gasteiger partial charge is 0.493 e. The molecule has 0 heterocycles. The number of nitrogens with zero attached hydrogens (tertiary/aromatic N) is 1. The van der Waals surface area contributed by atoms with Crippen molar-refractivity contribution in [1.29, 1.82) is 0 Å². The van der Waals surface area contributed by atoms with Crippen molar-refractivity contribution >= 4 is 23.1 Å². The first-order valence-corrected chi connectivity index (χ1v) is 9.58.